The average Bonchev–Trinajstić information content (AvgIpc) is 2.17. The Kier molecular flexibility index (Phi) is 3.27. The summed E-state index contributed by atoms with van der Waals surface area (Å²) in [6.45, 7) is 1.61. The fraction of sp³-hybridized carbons (Fsp3) is 0.556. The number of rotatable bonds is 2. The van der Waals surface area contributed by atoms with Gasteiger partial charge >= 0.3 is 0 Å². The largest absolute Gasteiger partial charge is 0.383 e. The molecular weight excluding hydrogens is 212 g/mol. The fourth-order valence-corrected chi connectivity index (χ4v) is 2.53. The maximum atomic E-state index is 5.59. The first-order valence-electron chi connectivity index (χ1n) is 4.88. The molecule has 1 unspecified atom stereocenters. The van der Waals surface area contributed by atoms with Crippen molar-refractivity contribution in [2.75, 3.05) is 24.7 Å². The van der Waals surface area contributed by atoms with E-state index in [9.17, 15) is 0 Å². The van der Waals surface area contributed by atoms with E-state index in [1.165, 1.54) is 0 Å². The third kappa shape index (κ3) is 2.97. The van der Waals surface area contributed by atoms with Gasteiger partial charge in [-0.05, 0) is 12.8 Å². The maximum absolute atomic E-state index is 5.59. The second kappa shape index (κ2) is 4.67. The Bertz CT molecular complexity index is 321. The first-order chi connectivity index (χ1) is 7.24. The van der Waals surface area contributed by atoms with Crippen LogP contribution in [-0.2, 0) is 4.74 Å². The zero-order chi connectivity index (χ0) is 10.7. The number of ether oxygens (including phenoxy) is 1. The van der Waals surface area contributed by atoms with Crippen molar-refractivity contribution in [3.8, 4) is 0 Å². The minimum Gasteiger partial charge on any atom is -0.383 e. The molecule has 0 aromatic carbocycles. The number of hydrogen-bond donors (Lipinski definition) is 2. The first kappa shape index (κ1) is 10.5. The Balaban J connectivity index is 2.02. The van der Waals surface area contributed by atoms with E-state index < -0.39 is 0 Å². The average molecular weight is 226 g/mol. The Hall–Kier alpha value is -1.01. The molecule has 1 aliphatic rings. The molecule has 0 aliphatic carbocycles. The molecule has 1 atom stereocenters. The van der Waals surface area contributed by atoms with Gasteiger partial charge in [-0.15, -0.1) is 0 Å². The van der Waals surface area contributed by atoms with Crippen molar-refractivity contribution in [2.45, 2.75) is 23.2 Å². The lowest BCUT2D eigenvalue weighted by Gasteiger charge is -2.20. The van der Waals surface area contributed by atoms with Crippen molar-refractivity contribution in [2.24, 2.45) is 0 Å². The smallest absolute Gasteiger partial charge is 0.191 e. The van der Waals surface area contributed by atoms with Crippen molar-refractivity contribution in [1.82, 2.24) is 9.97 Å². The van der Waals surface area contributed by atoms with Crippen LogP contribution in [0.15, 0.2) is 11.2 Å². The quantitative estimate of drug-likeness (QED) is 0.729. The molecule has 0 saturated carbocycles. The van der Waals surface area contributed by atoms with Gasteiger partial charge in [0.25, 0.3) is 0 Å². The molecular formula is C9H14N4OS. The van der Waals surface area contributed by atoms with Gasteiger partial charge in [-0.2, -0.15) is 0 Å². The van der Waals surface area contributed by atoms with E-state index in [0.717, 1.165) is 26.1 Å². The van der Waals surface area contributed by atoms with Crippen LogP contribution in [-0.4, -0.2) is 28.4 Å². The van der Waals surface area contributed by atoms with E-state index in [1.807, 2.05) is 0 Å². The predicted octanol–water partition coefficient (Wildman–Crippen LogP) is 0.912. The van der Waals surface area contributed by atoms with Gasteiger partial charge in [-0.3, -0.25) is 0 Å². The lowest BCUT2D eigenvalue weighted by Crippen LogP contribution is -2.19. The maximum Gasteiger partial charge on any atom is 0.191 e. The van der Waals surface area contributed by atoms with Crippen LogP contribution in [0, 0.1) is 0 Å². The number of aromatic nitrogens is 2. The SMILES string of the molecule is Nc1cc(N)nc(SC2CCCOC2)n1. The molecule has 5 nitrogen and oxygen atoms in total. The normalized spacial score (nSPS) is 21.5. The summed E-state index contributed by atoms with van der Waals surface area (Å²) in [4.78, 5) is 8.24. The van der Waals surface area contributed by atoms with Crippen LogP contribution in [0.2, 0.25) is 0 Å². The summed E-state index contributed by atoms with van der Waals surface area (Å²) in [6.07, 6.45) is 2.22. The van der Waals surface area contributed by atoms with E-state index in [-0.39, 0.29) is 0 Å². The highest BCUT2D eigenvalue weighted by Gasteiger charge is 2.16. The number of thioether (sulfide) groups is 1. The first-order valence-corrected chi connectivity index (χ1v) is 5.76. The van der Waals surface area contributed by atoms with E-state index in [2.05, 4.69) is 9.97 Å². The van der Waals surface area contributed by atoms with Crippen LogP contribution in [0.1, 0.15) is 12.8 Å². The van der Waals surface area contributed by atoms with Crippen molar-refractivity contribution in [1.29, 1.82) is 0 Å². The van der Waals surface area contributed by atoms with Crippen LogP contribution in [0.4, 0.5) is 11.6 Å². The molecule has 0 amide bonds. The van der Waals surface area contributed by atoms with Gasteiger partial charge in [0.1, 0.15) is 11.6 Å². The Morgan fingerprint density at radius 1 is 1.33 bits per heavy atom. The summed E-state index contributed by atoms with van der Waals surface area (Å²) < 4.78 is 5.38. The van der Waals surface area contributed by atoms with Crippen molar-refractivity contribution < 1.29 is 4.74 Å². The van der Waals surface area contributed by atoms with Gasteiger partial charge in [0, 0.05) is 17.9 Å². The molecule has 1 aromatic rings. The number of anilines is 2. The topological polar surface area (TPSA) is 87.1 Å². The van der Waals surface area contributed by atoms with Gasteiger partial charge < -0.3 is 16.2 Å². The van der Waals surface area contributed by atoms with Crippen molar-refractivity contribution in [3.05, 3.63) is 6.07 Å². The second-order valence-corrected chi connectivity index (χ2v) is 4.72. The Morgan fingerprint density at radius 3 is 2.67 bits per heavy atom. The summed E-state index contributed by atoms with van der Waals surface area (Å²) in [5, 5.41) is 1.06. The lowest BCUT2D eigenvalue weighted by molar-refractivity contribution is 0.101. The second-order valence-electron chi connectivity index (χ2n) is 3.46. The van der Waals surface area contributed by atoms with Crippen molar-refractivity contribution >= 4 is 23.4 Å². The molecule has 6 heteroatoms. The zero-order valence-corrected chi connectivity index (χ0v) is 9.17. The highest BCUT2D eigenvalue weighted by atomic mass is 32.2. The van der Waals surface area contributed by atoms with Crippen LogP contribution >= 0.6 is 11.8 Å². The minimum absolute atomic E-state index is 0.417. The standard InChI is InChI=1S/C9H14N4OS/c10-7-4-8(11)13-9(12-7)15-6-2-1-3-14-5-6/h4,6H,1-3,5H2,(H4,10,11,12,13). The van der Waals surface area contributed by atoms with Crippen molar-refractivity contribution in [3.63, 3.8) is 0 Å². The molecule has 0 radical (unpaired) electrons. The van der Waals surface area contributed by atoms with E-state index >= 15 is 0 Å². The van der Waals surface area contributed by atoms with Gasteiger partial charge in [-0.1, -0.05) is 11.8 Å². The van der Waals surface area contributed by atoms with E-state index in [1.54, 1.807) is 17.8 Å². The Labute approximate surface area is 92.6 Å². The summed E-state index contributed by atoms with van der Waals surface area (Å²) in [7, 11) is 0. The third-order valence-electron chi connectivity index (χ3n) is 2.14. The Morgan fingerprint density at radius 2 is 2.07 bits per heavy atom. The molecule has 1 aromatic heterocycles. The fourth-order valence-electron chi connectivity index (χ4n) is 1.47. The molecule has 4 N–H and O–H groups in total. The molecule has 82 valence electrons. The molecule has 1 fully saturated rings. The van der Waals surface area contributed by atoms with Crippen LogP contribution in [0.5, 0.6) is 0 Å². The minimum atomic E-state index is 0.417. The molecule has 0 bridgehead atoms. The van der Waals surface area contributed by atoms with Gasteiger partial charge in [-0.25, -0.2) is 9.97 Å². The number of hydrogen-bond acceptors (Lipinski definition) is 6. The van der Waals surface area contributed by atoms with Crippen LogP contribution in [0.3, 0.4) is 0 Å². The number of nitrogen functional groups attached to an aromatic ring is 2. The summed E-state index contributed by atoms with van der Waals surface area (Å²) in [6, 6.07) is 1.56. The summed E-state index contributed by atoms with van der Waals surface area (Å²) >= 11 is 1.59. The van der Waals surface area contributed by atoms with E-state index in [0.29, 0.717) is 22.0 Å². The number of nitrogens with zero attached hydrogens (tertiary/aromatic N) is 2. The summed E-state index contributed by atoms with van der Waals surface area (Å²) in [5.74, 6) is 0.837. The van der Waals surface area contributed by atoms with Gasteiger partial charge in [0.15, 0.2) is 5.16 Å². The predicted molar refractivity (Wildman–Crippen MR) is 60.6 cm³/mol. The van der Waals surface area contributed by atoms with Gasteiger partial charge in [0.05, 0.1) is 6.61 Å². The zero-order valence-electron chi connectivity index (χ0n) is 8.35. The molecule has 0 spiro atoms. The summed E-state index contributed by atoms with van der Waals surface area (Å²) in [5.41, 5.74) is 11.2. The highest BCUT2D eigenvalue weighted by molar-refractivity contribution is 7.99. The highest BCUT2D eigenvalue weighted by Crippen LogP contribution is 2.26. The molecule has 15 heavy (non-hydrogen) atoms. The van der Waals surface area contributed by atoms with Crippen LogP contribution < -0.4 is 11.5 Å². The molecule has 2 heterocycles. The van der Waals surface area contributed by atoms with E-state index in [4.69, 9.17) is 16.2 Å². The monoisotopic (exact) mass is 226 g/mol. The van der Waals surface area contributed by atoms with Gasteiger partial charge in [0.2, 0.25) is 0 Å². The molecule has 1 saturated heterocycles. The third-order valence-corrected chi connectivity index (χ3v) is 3.23. The van der Waals surface area contributed by atoms with Crippen LogP contribution in [0.25, 0.3) is 0 Å². The number of nitrogens with two attached hydrogens (primary N) is 2. The lowest BCUT2D eigenvalue weighted by atomic mass is 10.2. The molecule has 1 aliphatic heterocycles. The molecule has 2 rings (SSSR count).